The standard InChI is InChI=1S/C13H16F2N2O3/c1-19-11-5-17(6-12(11)20-2)13(18)7-3-8(14)9(15)4-10(7)16/h3-4,11-12H,5-6,16H2,1-2H3. The molecule has 1 amide bonds. The molecule has 1 aromatic carbocycles. The van der Waals surface area contributed by atoms with Crippen LogP contribution in [0, 0.1) is 11.6 Å². The Morgan fingerprint density at radius 1 is 1.20 bits per heavy atom. The maximum Gasteiger partial charge on any atom is 0.256 e. The highest BCUT2D eigenvalue weighted by atomic mass is 19.2. The maximum atomic E-state index is 13.2. The Morgan fingerprint density at radius 2 is 1.70 bits per heavy atom. The van der Waals surface area contributed by atoms with Crippen molar-refractivity contribution in [3.8, 4) is 0 Å². The summed E-state index contributed by atoms with van der Waals surface area (Å²) in [5, 5.41) is 0. The molecule has 0 saturated carbocycles. The van der Waals surface area contributed by atoms with Crippen LogP contribution in [0.25, 0.3) is 0 Å². The molecule has 0 aromatic heterocycles. The van der Waals surface area contributed by atoms with Crippen LogP contribution in [-0.4, -0.2) is 50.3 Å². The molecule has 0 aliphatic carbocycles. The van der Waals surface area contributed by atoms with E-state index in [4.69, 9.17) is 15.2 Å². The summed E-state index contributed by atoms with van der Waals surface area (Å²) in [6, 6.07) is 1.62. The number of hydrogen-bond donors (Lipinski definition) is 1. The van der Waals surface area contributed by atoms with Gasteiger partial charge in [-0.1, -0.05) is 0 Å². The van der Waals surface area contributed by atoms with E-state index in [-0.39, 0.29) is 23.5 Å². The number of nitrogens with two attached hydrogens (primary N) is 1. The first-order valence-corrected chi connectivity index (χ1v) is 6.07. The van der Waals surface area contributed by atoms with Gasteiger partial charge < -0.3 is 20.1 Å². The van der Waals surface area contributed by atoms with Crippen molar-refractivity contribution in [3.63, 3.8) is 0 Å². The summed E-state index contributed by atoms with van der Waals surface area (Å²) in [5.41, 5.74) is 5.42. The van der Waals surface area contributed by atoms with Crippen molar-refractivity contribution >= 4 is 11.6 Å². The van der Waals surface area contributed by atoms with E-state index in [9.17, 15) is 13.6 Å². The molecule has 1 fully saturated rings. The van der Waals surface area contributed by atoms with Crippen LogP contribution in [0.4, 0.5) is 14.5 Å². The summed E-state index contributed by atoms with van der Waals surface area (Å²) >= 11 is 0. The zero-order valence-electron chi connectivity index (χ0n) is 11.2. The molecule has 1 aliphatic heterocycles. The summed E-state index contributed by atoms with van der Waals surface area (Å²) in [6.45, 7) is 0.624. The van der Waals surface area contributed by atoms with Crippen molar-refractivity contribution in [1.82, 2.24) is 4.90 Å². The smallest absolute Gasteiger partial charge is 0.256 e. The third-order valence-corrected chi connectivity index (χ3v) is 3.43. The van der Waals surface area contributed by atoms with Gasteiger partial charge in [-0.2, -0.15) is 0 Å². The van der Waals surface area contributed by atoms with Crippen LogP contribution >= 0.6 is 0 Å². The molecule has 0 bridgehead atoms. The third-order valence-electron chi connectivity index (χ3n) is 3.43. The minimum Gasteiger partial charge on any atom is -0.398 e. The van der Waals surface area contributed by atoms with Crippen molar-refractivity contribution in [2.45, 2.75) is 12.2 Å². The second-order valence-corrected chi connectivity index (χ2v) is 4.61. The highest BCUT2D eigenvalue weighted by Gasteiger charge is 2.36. The largest absolute Gasteiger partial charge is 0.398 e. The number of carbonyl (C=O) groups is 1. The quantitative estimate of drug-likeness (QED) is 0.843. The van der Waals surface area contributed by atoms with Gasteiger partial charge in [-0.05, 0) is 6.07 Å². The van der Waals surface area contributed by atoms with Gasteiger partial charge in [0.2, 0.25) is 0 Å². The number of rotatable bonds is 3. The monoisotopic (exact) mass is 286 g/mol. The molecule has 2 N–H and O–H groups in total. The maximum absolute atomic E-state index is 13.2. The average Bonchev–Trinajstić information content (AvgIpc) is 2.85. The molecular formula is C13H16F2N2O3. The van der Waals surface area contributed by atoms with Gasteiger partial charge in [-0.25, -0.2) is 8.78 Å². The first kappa shape index (κ1) is 14.7. The highest BCUT2D eigenvalue weighted by molar-refractivity contribution is 5.99. The fraction of sp³-hybridized carbons (Fsp3) is 0.462. The fourth-order valence-corrected chi connectivity index (χ4v) is 2.28. The van der Waals surface area contributed by atoms with E-state index < -0.39 is 17.5 Å². The summed E-state index contributed by atoms with van der Waals surface area (Å²) in [6.07, 6.45) is -0.508. The van der Waals surface area contributed by atoms with Gasteiger partial charge in [0.05, 0.1) is 5.56 Å². The van der Waals surface area contributed by atoms with Crippen molar-refractivity contribution in [1.29, 1.82) is 0 Å². The lowest BCUT2D eigenvalue weighted by atomic mass is 10.1. The number of amides is 1. The highest BCUT2D eigenvalue weighted by Crippen LogP contribution is 2.23. The number of benzene rings is 1. The lowest BCUT2D eigenvalue weighted by Crippen LogP contribution is -2.30. The molecule has 2 unspecified atom stereocenters. The van der Waals surface area contributed by atoms with Crippen molar-refractivity contribution in [3.05, 3.63) is 29.3 Å². The fourth-order valence-electron chi connectivity index (χ4n) is 2.28. The van der Waals surface area contributed by atoms with E-state index in [2.05, 4.69) is 0 Å². The van der Waals surface area contributed by atoms with Crippen LogP contribution in [-0.2, 0) is 9.47 Å². The first-order valence-electron chi connectivity index (χ1n) is 6.07. The van der Waals surface area contributed by atoms with Gasteiger partial charge in [0.25, 0.3) is 5.91 Å². The zero-order chi connectivity index (χ0) is 14.9. The number of methoxy groups -OCH3 is 2. The zero-order valence-corrected chi connectivity index (χ0v) is 11.2. The Balaban J connectivity index is 2.23. The molecule has 7 heteroatoms. The molecule has 1 heterocycles. The Hall–Kier alpha value is -1.73. The molecule has 110 valence electrons. The predicted molar refractivity (Wildman–Crippen MR) is 68.3 cm³/mol. The van der Waals surface area contributed by atoms with Gasteiger partial charge in [-0.15, -0.1) is 0 Å². The minimum atomic E-state index is -1.10. The predicted octanol–water partition coefficient (Wildman–Crippen LogP) is 1.03. The van der Waals surface area contributed by atoms with E-state index in [1.165, 1.54) is 19.1 Å². The molecule has 1 aromatic rings. The third kappa shape index (κ3) is 2.59. The molecule has 1 aliphatic rings. The van der Waals surface area contributed by atoms with Crippen LogP contribution in [0.3, 0.4) is 0 Å². The van der Waals surface area contributed by atoms with Crippen LogP contribution in [0.15, 0.2) is 12.1 Å². The number of anilines is 1. The van der Waals surface area contributed by atoms with Gasteiger partial charge in [0, 0.05) is 39.1 Å². The molecule has 5 nitrogen and oxygen atoms in total. The lowest BCUT2D eigenvalue weighted by Gasteiger charge is -2.17. The Bertz CT molecular complexity index is 513. The number of halogens is 2. The Morgan fingerprint density at radius 3 is 2.20 bits per heavy atom. The van der Waals surface area contributed by atoms with Gasteiger partial charge >= 0.3 is 0 Å². The normalized spacial score (nSPS) is 22.3. The second-order valence-electron chi connectivity index (χ2n) is 4.61. The van der Waals surface area contributed by atoms with E-state index >= 15 is 0 Å². The van der Waals surface area contributed by atoms with E-state index in [0.717, 1.165) is 12.1 Å². The van der Waals surface area contributed by atoms with Gasteiger partial charge in [0.1, 0.15) is 12.2 Å². The SMILES string of the molecule is COC1CN(C(=O)c2cc(F)c(F)cc2N)CC1OC. The van der Waals surface area contributed by atoms with E-state index in [1.807, 2.05) is 0 Å². The Labute approximate surface area is 115 Å². The topological polar surface area (TPSA) is 64.8 Å². The van der Waals surface area contributed by atoms with Crippen LogP contribution < -0.4 is 5.73 Å². The second kappa shape index (κ2) is 5.72. The molecule has 20 heavy (non-hydrogen) atoms. The van der Waals surface area contributed by atoms with Crippen LogP contribution in [0.5, 0.6) is 0 Å². The molecule has 2 rings (SSSR count). The van der Waals surface area contributed by atoms with Crippen molar-refractivity contribution in [2.75, 3.05) is 33.0 Å². The summed E-state index contributed by atoms with van der Waals surface area (Å²) in [7, 11) is 3.05. The number of likely N-dealkylation sites (tertiary alicyclic amines) is 1. The van der Waals surface area contributed by atoms with E-state index in [0.29, 0.717) is 13.1 Å². The Kier molecular flexibility index (Phi) is 4.20. The summed E-state index contributed by atoms with van der Waals surface area (Å²) < 4.78 is 36.7. The number of nitrogens with zero attached hydrogens (tertiary/aromatic N) is 1. The molecule has 0 spiro atoms. The van der Waals surface area contributed by atoms with Crippen molar-refractivity contribution < 1.29 is 23.0 Å². The summed E-state index contributed by atoms with van der Waals surface area (Å²) in [5.74, 6) is -2.65. The minimum absolute atomic E-state index is 0.0597. The lowest BCUT2D eigenvalue weighted by molar-refractivity contribution is -0.00461. The molecular weight excluding hydrogens is 270 g/mol. The number of nitrogen functional groups attached to an aromatic ring is 1. The average molecular weight is 286 g/mol. The number of carbonyl (C=O) groups excluding carboxylic acids is 1. The number of ether oxygens (including phenoxy) is 2. The summed E-state index contributed by atoms with van der Waals surface area (Å²) in [4.78, 5) is 13.7. The molecule has 2 atom stereocenters. The molecule has 1 saturated heterocycles. The van der Waals surface area contributed by atoms with Crippen molar-refractivity contribution in [2.24, 2.45) is 0 Å². The molecule has 0 radical (unpaired) electrons. The van der Waals surface area contributed by atoms with Gasteiger partial charge in [-0.3, -0.25) is 4.79 Å². The first-order chi connectivity index (χ1) is 9.47. The van der Waals surface area contributed by atoms with Gasteiger partial charge in [0.15, 0.2) is 11.6 Å². The number of hydrogen-bond acceptors (Lipinski definition) is 4. The van der Waals surface area contributed by atoms with E-state index in [1.54, 1.807) is 0 Å². The van der Waals surface area contributed by atoms with Crippen LogP contribution in [0.1, 0.15) is 10.4 Å². The van der Waals surface area contributed by atoms with Crippen LogP contribution in [0.2, 0.25) is 0 Å².